The molecule has 4 rings (SSSR count). The standard InChI is InChI=1S/C19H24N4O/c1-13-12-16(20-23(13)14(2)15-8-9-15)19(24)22-11-10-21(3)17-6-4-5-7-18(17)22/h4-7,12,14-15H,8-11H2,1-3H3/t14-/m0/s1. The second-order valence-electron chi connectivity index (χ2n) is 7.06. The number of rotatable bonds is 3. The van der Waals surface area contributed by atoms with E-state index in [0.717, 1.165) is 29.5 Å². The molecular formula is C19H24N4O. The van der Waals surface area contributed by atoms with Crippen LogP contribution in [0.4, 0.5) is 11.4 Å². The molecule has 1 fully saturated rings. The SMILES string of the molecule is Cc1cc(C(=O)N2CCN(C)c3ccccc32)nn1[C@@H](C)C1CC1. The van der Waals surface area contributed by atoms with Crippen LogP contribution in [-0.4, -0.2) is 35.8 Å². The Hall–Kier alpha value is -2.30. The first kappa shape index (κ1) is 15.2. The normalized spacial score (nSPS) is 18.5. The van der Waals surface area contributed by atoms with Crippen LogP contribution < -0.4 is 9.80 Å². The van der Waals surface area contributed by atoms with E-state index in [4.69, 9.17) is 0 Å². The van der Waals surface area contributed by atoms with E-state index >= 15 is 0 Å². The molecule has 2 heterocycles. The molecule has 0 bridgehead atoms. The van der Waals surface area contributed by atoms with Crippen molar-refractivity contribution < 1.29 is 4.79 Å². The summed E-state index contributed by atoms with van der Waals surface area (Å²) >= 11 is 0. The summed E-state index contributed by atoms with van der Waals surface area (Å²) in [6.45, 7) is 5.77. The lowest BCUT2D eigenvalue weighted by molar-refractivity contribution is 0.0981. The van der Waals surface area contributed by atoms with E-state index in [0.29, 0.717) is 18.3 Å². The number of benzene rings is 1. The molecule has 5 nitrogen and oxygen atoms in total. The average molecular weight is 324 g/mol. The first-order chi connectivity index (χ1) is 11.6. The first-order valence-corrected chi connectivity index (χ1v) is 8.74. The number of likely N-dealkylation sites (N-methyl/N-ethyl adjacent to an activating group) is 1. The second kappa shape index (κ2) is 5.65. The molecule has 1 aliphatic heterocycles. The van der Waals surface area contributed by atoms with E-state index in [9.17, 15) is 4.79 Å². The third kappa shape index (κ3) is 2.48. The van der Waals surface area contributed by atoms with E-state index in [1.54, 1.807) is 0 Å². The van der Waals surface area contributed by atoms with Gasteiger partial charge >= 0.3 is 0 Å². The minimum absolute atomic E-state index is 0.000368. The minimum Gasteiger partial charge on any atom is -0.371 e. The van der Waals surface area contributed by atoms with Gasteiger partial charge in [0.25, 0.3) is 5.91 Å². The number of aryl methyl sites for hydroxylation is 1. The number of hydrogen-bond acceptors (Lipinski definition) is 3. The van der Waals surface area contributed by atoms with E-state index in [1.807, 2.05) is 40.8 Å². The molecule has 1 aromatic carbocycles. The Morgan fingerprint density at radius 2 is 1.92 bits per heavy atom. The van der Waals surface area contributed by atoms with Crippen molar-refractivity contribution in [3.05, 3.63) is 41.7 Å². The molecule has 24 heavy (non-hydrogen) atoms. The molecule has 126 valence electrons. The lowest BCUT2D eigenvalue weighted by atomic mass is 10.1. The predicted octanol–water partition coefficient (Wildman–Crippen LogP) is 3.26. The number of aromatic nitrogens is 2. The maximum Gasteiger partial charge on any atom is 0.278 e. The van der Waals surface area contributed by atoms with Gasteiger partial charge in [-0.3, -0.25) is 9.48 Å². The largest absolute Gasteiger partial charge is 0.371 e. The Bertz CT molecular complexity index is 777. The average Bonchev–Trinajstić information content (AvgIpc) is 3.37. The summed E-state index contributed by atoms with van der Waals surface area (Å²) in [6.07, 6.45) is 2.55. The van der Waals surface area contributed by atoms with E-state index in [-0.39, 0.29) is 5.91 Å². The molecule has 2 aliphatic rings. The molecule has 1 saturated carbocycles. The van der Waals surface area contributed by atoms with Crippen LogP contribution in [0.15, 0.2) is 30.3 Å². The molecule has 0 spiro atoms. The zero-order valence-corrected chi connectivity index (χ0v) is 14.6. The highest BCUT2D eigenvalue weighted by Gasteiger charge is 2.32. The maximum atomic E-state index is 13.1. The highest BCUT2D eigenvalue weighted by atomic mass is 16.2. The second-order valence-corrected chi connectivity index (χ2v) is 7.06. The number of fused-ring (bicyclic) bond motifs is 1. The monoisotopic (exact) mass is 324 g/mol. The summed E-state index contributed by atoms with van der Waals surface area (Å²) in [5.41, 5.74) is 3.69. The molecule has 1 amide bonds. The number of para-hydroxylation sites is 2. The fraction of sp³-hybridized carbons (Fsp3) is 0.474. The Kier molecular flexibility index (Phi) is 3.59. The maximum absolute atomic E-state index is 13.1. The lowest BCUT2D eigenvalue weighted by Crippen LogP contribution is -2.42. The summed E-state index contributed by atoms with van der Waals surface area (Å²) in [4.78, 5) is 17.1. The lowest BCUT2D eigenvalue weighted by Gasteiger charge is -2.35. The Morgan fingerprint density at radius 1 is 1.21 bits per heavy atom. The molecule has 1 atom stereocenters. The van der Waals surface area contributed by atoms with Crippen molar-refractivity contribution in [3.63, 3.8) is 0 Å². The molecule has 5 heteroatoms. The third-order valence-corrected chi connectivity index (χ3v) is 5.32. The Labute approximate surface area is 142 Å². The van der Waals surface area contributed by atoms with Crippen LogP contribution in [0.5, 0.6) is 0 Å². The predicted molar refractivity (Wildman–Crippen MR) is 95.8 cm³/mol. The van der Waals surface area contributed by atoms with Gasteiger partial charge in [0, 0.05) is 25.8 Å². The smallest absolute Gasteiger partial charge is 0.278 e. The van der Waals surface area contributed by atoms with E-state index in [2.05, 4.69) is 30.0 Å². The van der Waals surface area contributed by atoms with Crippen molar-refractivity contribution >= 4 is 17.3 Å². The van der Waals surface area contributed by atoms with Gasteiger partial charge in [0.1, 0.15) is 0 Å². The number of nitrogens with zero attached hydrogens (tertiary/aromatic N) is 4. The number of anilines is 2. The number of hydrogen-bond donors (Lipinski definition) is 0. The fourth-order valence-corrected chi connectivity index (χ4v) is 3.64. The third-order valence-electron chi connectivity index (χ3n) is 5.32. The van der Waals surface area contributed by atoms with Gasteiger partial charge in [-0.2, -0.15) is 5.10 Å². The zero-order chi connectivity index (χ0) is 16.8. The van der Waals surface area contributed by atoms with Gasteiger partial charge in [0.2, 0.25) is 0 Å². The van der Waals surface area contributed by atoms with Crippen molar-refractivity contribution in [2.75, 3.05) is 29.9 Å². The van der Waals surface area contributed by atoms with Crippen molar-refractivity contribution in [2.24, 2.45) is 5.92 Å². The summed E-state index contributed by atoms with van der Waals surface area (Å²) < 4.78 is 2.03. The number of amides is 1. The van der Waals surface area contributed by atoms with Gasteiger partial charge in [-0.05, 0) is 50.8 Å². The van der Waals surface area contributed by atoms with Crippen LogP contribution in [0.2, 0.25) is 0 Å². The van der Waals surface area contributed by atoms with Crippen LogP contribution in [0.25, 0.3) is 0 Å². The zero-order valence-electron chi connectivity index (χ0n) is 14.6. The van der Waals surface area contributed by atoms with Gasteiger partial charge in [-0.15, -0.1) is 0 Å². The number of carbonyl (C=O) groups is 1. The molecule has 0 N–H and O–H groups in total. The molecular weight excluding hydrogens is 300 g/mol. The topological polar surface area (TPSA) is 41.4 Å². The van der Waals surface area contributed by atoms with Crippen LogP contribution in [-0.2, 0) is 0 Å². The Morgan fingerprint density at radius 3 is 2.62 bits per heavy atom. The van der Waals surface area contributed by atoms with Crippen LogP contribution in [0, 0.1) is 12.8 Å². The highest BCUT2D eigenvalue weighted by Crippen LogP contribution is 2.40. The van der Waals surface area contributed by atoms with Gasteiger partial charge in [-0.25, -0.2) is 0 Å². The van der Waals surface area contributed by atoms with Crippen LogP contribution in [0.1, 0.15) is 42.0 Å². The summed E-state index contributed by atoms with van der Waals surface area (Å²) in [5, 5.41) is 4.65. The molecule has 0 saturated heterocycles. The summed E-state index contributed by atoms with van der Waals surface area (Å²) in [7, 11) is 2.07. The van der Waals surface area contributed by atoms with Crippen LogP contribution in [0.3, 0.4) is 0 Å². The van der Waals surface area contributed by atoms with Crippen molar-refractivity contribution in [1.29, 1.82) is 0 Å². The quantitative estimate of drug-likeness (QED) is 0.870. The van der Waals surface area contributed by atoms with Crippen molar-refractivity contribution in [1.82, 2.24) is 9.78 Å². The van der Waals surface area contributed by atoms with Gasteiger partial charge < -0.3 is 9.80 Å². The molecule has 0 radical (unpaired) electrons. The van der Waals surface area contributed by atoms with E-state index in [1.165, 1.54) is 12.8 Å². The van der Waals surface area contributed by atoms with Crippen LogP contribution >= 0.6 is 0 Å². The number of carbonyl (C=O) groups excluding carboxylic acids is 1. The minimum atomic E-state index is 0.000368. The Balaban J connectivity index is 1.65. The van der Waals surface area contributed by atoms with Gasteiger partial charge in [0.05, 0.1) is 17.4 Å². The molecule has 1 aromatic heterocycles. The highest BCUT2D eigenvalue weighted by molar-refractivity contribution is 6.07. The van der Waals surface area contributed by atoms with Gasteiger partial charge in [-0.1, -0.05) is 12.1 Å². The molecule has 0 unspecified atom stereocenters. The fourth-order valence-electron chi connectivity index (χ4n) is 3.64. The molecule has 1 aliphatic carbocycles. The summed E-state index contributed by atoms with van der Waals surface area (Å²) in [5.74, 6) is 0.719. The van der Waals surface area contributed by atoms with Crippen molar-refractivity contribution in [3.8, 4) is 0 Å². The first-order valence-electron chi connectivity index (χ1n) is 8.74. The van der Waals surface area contributed by atoms with Gasteiger partial charge in [0.15, 0.2) is 5.69 Å². The molecule has 2 aromatic rings. The van der Waals surface area contributed by atoms with Crippen molar-refractivity contribution in [2.45, 2.75) is 32.7 Å². The summed E-state index contributed by atoms with van der Waals surface area (Å²) in [6, 6.07) is 10.4. The van der Waals surface area contributed by atoms with E-state index < -0.39 is 0 Å².